The number of hydrogen-bond donors (Lipinski definition) is 2. The Hall–Kier alpha value is -4.08. The predicted octanol–water partition coefficient (Wildman–Crippen LogP) is 7.76. The van der Waals surface area contributed by atoms with Crippen molar-refractivity contribution in [2.75, 3.05) is 6.54 Å². The summed E-state index contributed by atoms with van der Waals surface area (Å²) in [5.74, 6) is -4.78. The normalized spacial score (nSPS) is 10.8. The Bertz CT molecular complexity index is 1230. The Morgan fingerprint density at radius 1 is 0.643 bits per heavy atom. The van der Waals surface area contributed by atoms with Crippen LogP contribution in [0.1, 0.15) is 138 Å². The van der Waals surface area contributed by atoms with Crippen LogP contribution in [-0.2, 0) is 0 Å². The molecule has 0 saturated heterocycles. The van der Waals surface area contributed by atoms with Crippen molar-refractivity contribution in [3.8, 4) is 0 Å². The summed E-state index contributed by atoms with van der Waals surface area (Å²) < 4.78 is 0. The van der Waals surface area contributed by atoms with Crippen LogP contribution in [0.2, 0.25) is 0 Å². The van der Waals surface area contributed by atoms with Crippen molar-refractivity contribution in [3.05, 3.63) is 74.8 Å². The van der Waals surface area contributed by atoms with Gasteiger partial charge < -0.3 is 10.2 Å². The largest absolute Gasteiger partial charge is 0.478 e. The number of nitro groups is 1. The molecule has 228 valence electrons. The van der Waals surface area contributed by atoms with Gasteiger partial charge in [0, 0.05) is 18.7 Å². The molecule has 2 N–H and O–H groups in total. The molecule has 0 aromatic heterocycles. The highest BCUT2D eigenvalue weighted by Gasteiger charge is 2.30. The summed E-state index contributed by atoms with van der Waals surface area (Å²) in [5.41, 5.74) is -2.04. The molecule has 0 aliphatic rings. The zero-order chi connectivity index (χ0) is 30.9. The summed E-state index contributed by atoms with van der Waals surface area (Å²) in [4.78, 5) is 62.0. The van der Waals surface area contributed by atoms with Gasteiger partial charge in [-0.1, -0.05) is 103 Å². The molecule has 2 aromatic carbocycles. The Labute approximate surface area is 246 Å². The first-order valence-electron chi connectivity index (χ1n) is 14.9. The van der Waals surface area contributed by atoms with E-state index in [0.29, 0.717) is 12.8 Å². The molecular formula is C32H42N2O8. The molecule has 0 saturated carbocycles. The molecule has 2 amide bonds. The zero-order valence-corrected chi connectivity index (χ0v) is 24.4. The molecule has 0 fully saturated rings. The lowest BCUT2D eigenvalue weighted by Gasteiger charge is -2.22. The summed E-state index contributed by atoms with van der Waals surface area (Å²) in [6.07, 6.45) is 15.5. The van der Waals surface area contributed by atoms with E-state index in [0.717, 1.165) is 48.8 Å². The number of carboxylic acids is 2. The molecule has 0 bridgehead atoms. The number of hydrogen-bond acceptors (Lipinski definition) is 6. The lowest BCUT2D eigenvalue weighted by Crippen LogP contribution is -2.39. The number of rotatable bonds is 20. The van der Waals surface area contributed by atoms with Gasteiger partial charge in [0.15, 0.2) is 0 Å². The standard InChI is InChI=1S/C32H42N2O8/c1-2-3-4-5-6-7-8-9-10-11-12-13-14-17-22-33(29(35)25-18-15-16-19-26(25)31(37)38)30(36)28-23-24(34(41)42)20-21-27(28)32(39)40/h15-16,18-21,23H,2-14,17,22H2,1H3,(H,37,38)(H,39,40). The molecule has 42 heavy (non-hydrogen) atoms. The van der Waals surface area contributed by atoms with Crippen LogP contribution in [0.3, 0.4) is 0 Å². The van der Waals surface area contributed by atoms with Crippen LogP contribution < -0.4 is 0 Å². The molecule has 0 atom stereocenters. The molecule has 0 spiro atoms. The van der Waals surface area contributed by atoms with Crippen LogP contribution in [0.4, 0.5) is 5.69 Å². The highest BCUT2D eigenvalue weighted by Crippen LogP contribution is 2.23. The zero-order valence-electron chi connectivity index (χ0n) is 24.4. The van der Waals surface area contributed by atoms with Crippen LogP contribution in [0.25, 0.3) is 0 Å². The van der Waals surface area contributed by atoms with Gasteiger partial charge in [-0.25, -0.2) is 9.59 Å². The molecule has 0 aliphatic heterocycles. The van der Waals surface area contributed by atoms with Gasteiger partial charge in [-0.15, -0.1) is 0 Å². The van der Waals surface area contributed by atoms with Crippen LogP contribution >= 0.6 is 0 Å². The maximum Gasteiger partial charge on any atom is 0.336 e. The fourth-order valence-electron chi connectivity index (χ4n) is 4.92. The minimum absolute atomic E-state index is 0.0919. The second kappa shape index (κ2) is 18.4. The fourth-order valence-corrected chi connectivity index (χ4v) is 4.92. The van der Waals surface area contributed by atoms with E-state index < -0.39 is 45.5 Å². The van der Waals surface area contributed by atoms with Gasteiger partial charge in [-0.05, 0) is 24.6 Å². The molecule has 10 heteroatoms. The number of unbranched alkanes of at least 4 members (excludes halogenated alkanes) is 13. The minimum atomic E-state index is -1.48. The molecule has 10 nitrogen and oxygen atoms in total. The Morgan fingerprint density at radius 2 is 1.07 bits per heavy atom. The molecule has 0 aliphatic carbocycles. The van der Waals surface area contributed by atoms with E-state index >= 15 is 0 Å². The van der Waals surface area contributed by atoms with Crippen molar-refractivity contribution in [1.82, 2.24) is 4.90 Å². The van der Waals surface area contributed by atoms with E-state index in [9.17, 15) is 39.5 Å². The lowest BCUT2D eigenvalue weighted by atomic mass is 10.0. The van der Waals surface area contributed by atoms with E-state index in [2.05, 4.69) is 6.92 Å². The van der Waals surface area contributed by atoms with Gasteiger partial charge in [0.1, 0.15) is 0 Å². The minimum Gasteiger partial charge on any atom is -0.478 e. The SMILES string of the molecule is CCCCCCCCCCCCCCCCN(C(=O)c1ccccc1C(=O)O)C(=O)c1cc([N+](=O)[O-])ccc1C(=O)O. The number of aromatic carboxylic acids is 2. The average molecular weight is 583 g/mol. The summed E-state index contributed by atoms with van der Waals surface area (Å²) in [6.45, 7) is 2.12. The van der Waals surface area contributed by atoms with Crippen molar-refractivity contribution < 1.29 is 34.3 Å². The van der Waals surface area contributed by atoms with Crippen molar-refractivity contribution >= 4 is 29.4 Å². The van der Waals surface area contributed by atoms with E-state index in [-0.39, 0.29) is 17.7 Å². The van der Waals surface area contributed by atoms with Crippen molar-refractivity contribution in [2.24, 2.45) is 0 Å². The number of non-ortho nitro benzene ring substituents is 1. The molecule has 2 aromatic rings. The number of nitrogens with zero attached hydrogens (tertiary/aromatic N) is 2. The molecule has 2 rings (SSSR count). The molecular weight excluding hydrogens is 540 g/mol. The second-order valence-corrected chi connectivity index (χ2v) is 10.5. The van der Waals surface area contributed by atoms with E-state index in [4.69, 9.17) is 0 Å². The van der Waals surface area contributed by atoms with Crippen molar-refractivity contribution in [2.45, 2.75) is 96.8 Å². The van der Waals surface area contributed by atoms with Crippen LogP contribution in [0.15, 0.2) is 42.5 Å². The average Bonchev–Trinajstić information content (AvgIpc) is 2.98. The van der Waals surface area contributed by atoms with Gasteiger partial charge in [0.05, 0.1) is 27.2 Å². The van der Waals surface area contributed by atoms with E-state index in [1.54, 1.807) is 0 Å². The second-order valence-electron chi connectivity index (χ2n) is 10.5. The summed E-state index contributed by atoms with van der Waals surface area (Å²) >= 11 is 0. The molecule has 0 unspecified atom stereocenters. The van der Waals surface area contributed by atoms with Gasteiger partial charge in [-0.3, -0.25) is 24.6 Å². The Balaban J connectivity index is 2.05. The third-order valence-electron chi connectivity index (χ3n) is 7.29. The highest BCUT2D eigenvalue weighted by atomic mass is 16.6. The Morgan fingerprint density at radius 3 is 1.55 bits per heavy atom. The lowest BCUT2D eigenvalue weighted by molar-refractivity contribution is -0.384. The number of amides is 2. The summed E-state index contributed by atoms with van der Waals surface area (Å²) in [5, 5.41) is 30.5. The highest BCUT2D eigenvalue weighted by molar-refractivity contribution is 6.16. The van der Waals surface area contributed by atoms with Crippen LogP contribution in [0, 0.1) is 10.1 Å². The monoisotopic (exact) mass is 582 g/mol. The maximum absolute atomic E-state index is 13.6. The quantitative estimate of drug-likeness (QED) is 0.0694. The number of nitro benzene ring substituents is 1. The van der Waals surface area contributed by atoms with E-state index in [1.165, 1.54) is 75.6 Å². The fraction of sp³-hybridized carbons (Fsp3) is 0.500. The number of imide groups is 1. The first-order chi connectivity index (χ1) is 20.2. The summed E-state index contributed by atoms with van der Waals surface area (Å²) in [6, 6.07) is 8.19. The van der Waals surface area contributed by atoms with Crippen LogP contribution in [-0.4, -0.2) is 50.3 Å². The predicted molar refractivity (Wildman–Crippen MR) is 159 cm³/mol. The number of carbonyl (C=O) groups excluding carboxylic acids is 2. The smallest absolute Gasteiger partial charge is 0.336 e. The molecule has 0 radical (unpaired) electrons. The van der Waals surface area contributed by atoms with E-state index in [1.807, 2.05) is 0 Å². The van der Waals surface area contributed by atoms with Gasteiger partial charge in [-0.2, -0.15) is 0 Å². The maximum atomic E-state index is 13.6. The topological polar surface area (TPSA) is 155 Å². The molecule has 0 heterocycles. The first-order valence-corrected chi connectivity index (χ1v) is 14.9. The van der Waals surface area contributed by atoms with Gasteiger partial charge >= 0.3 is 11.9 Å². The van der Waals surface area contributed by atoms with Gasteiger partial charge in [0.25, 0.3) is 17.5 Å². The number of carboxylic acid groups (broad SMARTS) is 2. The summed E-state index contributed by atoms with van der Waals surface area (Å²) in [7, 11) is 0. The third-order valence-corrected chi connectivity index (χ3v) is 7.29. The van der Waals surface area contributed by atoms with Crippen molar-refractivity contribution in [3.63, 3.8) is 0 Å². The Kier molecular flexibility index (Phi) is 14.9. The first kappa shape index (κ1) is 34.1. The van der Waals surface area contributed by atoms with Crippen molar-refractivity contribution in [1.29, 1.82) is 0 Å². The van der Waals surface area contributed by atoms with Gasteiger partial charge in [0.2, 0.25) is 0 Å². The van der Waals surface area contributed by atoms with Crippen LogP contribution in [0.5, 0.6) is 0 Å². The third kappa shape index (κ3) is 10.7. The number of carbonyl (C=O) groups is 4. The number of benzene rings is 2.